The van der Waals surface area contributed by atoms with Crippen molar-refractivity contribution in [1.29, 1.82) is 0 Å². The number of hydrogen-bond acceptors (Lipinski definition) is 3. The maximum Gasteiger partial charge on any atom is 0.175 e. The van der Waals surface area contributed by atoms with Gasteiger partial charge in [-0.3, -0.25) is 0 Å². The van der Waals surface area contributed by atoms with E-state index in [4.69, 9.17) is 0 Å². The predicted octanol–water partition coefficient (Wildman–Crippen LogP) is 1.91. The van der Waals surface area contributed by atoms with Crippen LogP contribution >= 0.6 is 15.9 Å². The molecule has 1 aromatic carbocycles. The summed E-state index contributed by atoms with van der Waals surface area (Å²) in [5.41, 5.74) is 0.981. The van der Waals surface area contributed by atoms with Crippen LogP contribution in [0, 0.1) is 0 Å². The lowest BCUT2D eigenvalue weighted by Gasteiger charge is -2.11. The van der Waals surface area contributed by atoms with E-state index in [0.29, 0.717) is 4.90 Å². The molecule has 0 spiro atoms. The Morgan fingerprint density at radius 2 is 1.87 bits per heavy atom. The first kappa shape index (κ1) is 12.7. The molecule has 0 heterocycles. The zero-order chi connectivity index (χ0) is 11.6. The summed E-state index contributed by atoms with van der Waals surface area (Å²) in [7, 11) is 0.759. The van der Waals surface area contributed by atoms with Crippen LogP contribution in [-0.4, -0.2) is 33.7 Å². The van der Waals surface area contributed by atoms with Crippen LogP contribution in [0.4, 0.5) is 0 Å². The van der Waals surface area contributed by atoms with E-state index in [-0.39, 0.29) is 0 Å². The van der Waals surface area contributed by atoms with Crippen LogP contribution in [0.2, 0.25) is 0 Å². The zero-order valence-electron chi connectivity index (χ0n) is 8.99. The van der Waals surface area contributed by atoms with Crippen molar-refractivity contribution in [3.05, 3.63) is 28.2 Å². The third kappa shape index (κ3) is 3.93. The average Bonchev–Trinajstić information content (AvgIpc) is 1.99. The number of hydrogen-bond donors (Lipinski definition) is 0. The minimum Gasteiger partial charge on any atom is -0.305 e. The Labute approximate surface area is 99.1 Å². The van der Waals surface area contributed by atoms with Crippen LogP contribution in [0.15, 0.2) is 27.6 Å². The van der Waals surface area contributed by atoms with Gasteiger partial charge in [0, 0.05) is 17.3 Å². The Morgan fingerprint density at radius 1 is 1.27 bits per heavy atom. The molecular formula is C10H14BrNO2S. The smallest absolute Gasteiger partial charge is 0.175 e. The molecule has 1 aromatic rings. The van der Waals surface area contributed by atoms with Gasteiger partial charge in [0.05, 0.1) is 4.90 Å². The fourth-order valence-corrected chi connectivity index (χ4v) is 2.69. The van der Waals surface area contributed by atoms with Crippen molar-refractivity contribution < 1.29 is 8.42 Å². The number of halogens is 1. The fraction of sp³-hybridized carbons (Fsp3) is 0.400. The second kappa shape index (κ2) is 4.63. The van der Waals surface area contributed by atoms with Crippen molar-refractivity contribution in [2.45, 2.75) is 11.4 Å². The highest BCUT2D eigenvalue weighted by Gasteiger charge is 2.09. The standard InChI is InChI=1S/C10H14BrNO2S/c1-12(2)7-8-4-9(11)6-10(5-8)15(3,13)14/h4-6H,7H2,1-3H3. The van der Waals surface area contributed by atoms with Gasteiger partial charge in [0.1, 0.15) is 0 Å². The molecule has 0 bridgehead atoms. The van der Waals surface area contributed by atoms with Gasteiger partial charge in [-0.05, 0) is 37.9 Å². The van der Waals surface area contributed by atoms with Gasteiger partial charge in [0.25, 0.3) is 0 Å². The Bertz CT molecular complexity index is 454. The molecule has 0 aliphatic carbocycles. The van der Waals surface area contributed by atoms with Crippen LogP contribution in [-0.2, 0) is 16.4 Å². The quantitative estimate of drug-likeness (QED) is 0.854. The van der Waals surface area contributed by atoms with E-state index in [1.807, 2.05) is 25.1 Å². The molecule has 0 fully saturated rings. The van der Waals surface area contributed by atoms with Gasteiger partial charge in [-0.15, -0.1) is 0 Å². The van der Waals surface area contributed by atoms with E-state index in [0.717, 1.165) is 16.6 Å². The lowest BCUT2D eigenvalue weighted by Crippen LogP contribution is -2.11. The minimum absolute atomic E-state index is 0.355. The van der Waals surface area contributed by atoms with E-state index >= 15 is 0 Å². The highest BCUT2D eigenvalue weighted by atomic mass is 79.9. The largest absolute Gasteiger partial charge is 0.305 e. The minimum atomic E-state index is -3.13. The first-order valence-corrected chi connectivity index (χ1v) is 7.12. The highest BCUT2D eigenvalue weighted by molar-refractivity contribution is 9.10. The van der Waals surface area contributed by atoms with E-state index in [9.17, 15) is 8.42 Å². The van der Waals surface area contributed by atoms with Gasteiger partial charge in [-0.1, -0.05) is 15.9 Å². The molecule has 0 N–H and O–H groups in total. The number of sulfone groups is 1. The first-order chi connectivity index (χ1) is 6.79. The molecule has 15 heavy (non-hydrogen) atoms. The molecule has 5 heteroatoms. The van der Waals surface area contributed by atoms with Crippen molar-refractivity contribution in [2.75, 3.05) is 20.4 Å². The highest BCUT2D eigenvalue weighted by Crippen LogP contribution is 2.20. The lowest BCUT2D eigenvalue weighted by atomic mass is 10.2. The topological polar surface area (TPSA) is 37.4 Å². The average molecular weight is 292 g/mol. The third-order valence-electron chi connectivity index (χ3n) is 1.86. The van der Waals surface area contributed by atoms with Crippen LogP contribution in [0.25, 0.3) is 0 Å². The van der Waals surface area contributed by atoms with E-state index in [1.165, 1.54) is 6.26 Å². The summed E-state index contributed by atoms with van der Waals surface area (Å²) in [5, 5.41) is 0. The Balaban J connectivity index is 3.17. The Morgan fingerprint density at radius 3 is 2.33 bits per heavy atom. The fourth-order valence-electron chi connectivity index (χ4n) is 1.29. The molecule has 0 saturated carbocycles. The summed E-state index contributed by atoms with van der Waals surface area (Å²) in [6.45, 7) is 0.724. The van der Waals surface area contributed by atoms with Gasteiger partial charge >= 0.3 is 0 Å². The maximum absolute atomic E-state index is 11.4. The van der Waals surface area contributed by atoms with Crippen LogP contribution in [0.3, 0.4) is 0 Å². The predicted molar refractivity (Wildman–Crippen MR) is 64.6 cm³/mol. The Hall–Kier alpha value is -0.390. The molecule has 84 valence electrons. The summed E-state index contributed by atoms with van der Waals surface area (Å²) in [6, 6.07) is 5.25. The lowest BCUT2D eigenvalue weighted by molar-refractivity contribution is 0.402. The maximum atomic E-state index is 11.4. The van der Waals surface area contributed by atoms with E-state index < -0.39 is 9.84 Å². The molecule has 0 amide bonds. The zero-order valence-corrected chi connectivity index (χ0v) is 11.4. The molecule has 0 aromatic heterocycles. The summed E-state index contributed by atoms with van der Waals surface area (Å²) in [6.07, 6.45) is 1.22. The first-order valence-electron chi connectivity index (χ1n) is 4.43. The van der Waals surface area contributed by atoms with Gasteiger partial charge in [-0.25, -0.2) is 8.42 Å². The third-order valence-corrected chi connectivity index (χ3v) is 3.41. The van der Waals surface area contributed by atoms with Gasteiger partial charge in [0.2, 0.25) is 0 Å². The molecule has 0 unspecified atom stereocenters. The van der Waals surface area contributed by atoms with Crippen LogP contribution in [0.5, 0.6) is 0 Å². The molecule has 1 rings (SSSR count). The molecule has 0 saturated heterocycles. The summed E-state index contributed by atoms with van der Waals surface area (Å²) in [5.74, 6) is 0. The van der Waals surface area contributed by atoms with Crippen molar-refractivity contribution in [3.8, 4) is 0 Å². The monoisotopic (exact) mass is 291 g/mol. The van der Waals surface area contributed by atoms with Crippen LogP contribution in [0.1, 0.15) is 5.56 Å². The summed E-state index contributed by atoms with van der Waals surface area (Å²) < 4.78 is 23.6. The van der Waals surface area contributed by atoms with E-state index in [2.05, 4.69) is 15.9 Å². The van der Waals surface area contributed by atoms with Gasteiger partial charge < -0.3 is 4.90 Å². The van der Waals surface area contributed by atoms with Crippen molar-refractivity contribution >= 4 is 25.8 Å². The van der Waals surface area contributed by atoms with Gasteiger partial charge in [0.15, 0.2) is 9.84 Å². The molecular weight excluding hydrogens is 278 g/mol. The molecule has 3 nitrogen and oxygen atoms in total. The number of nitrogens with zero attached hydrogens (tertiary/aromatic N) is 1. The summed E-state index contributed by atoms with van der Waals surface area (Å²) >= 11 is 3.31. The number of rotatable bonds is 3. The second-order valence-electron chi connectivity index (χ2n) is 3.81. The number of benzene rings is 1. The normalized spacial score (nSPS) is 12.1. The molecule has 0 radical (unpaired) electrons. The summed E-state index contributed by atoms with van der Waals surface area (Å²) in [4.78, 5) is 2.35. The molecule has 0 aliphatic rings. The van der Waals surface area contributed by atoms with Crippen molar-refractivity contribution in [2.24, 2.45) is 0 Å². The molecule has 0 atom stereocenters. The molecule has 0 aliphatic heterocycles. The van der Waals surface area contributed by atoms with Crippen LogP contribution < -0.4 is 0 Å². The van der Waals surface area contributed by atoms with Gasteiger partial charge in [-0.2, -0.15) is 0 Å². The van der Waals surface area contributed by atoms with Crippen molar-refractivity contribution in [3.63, 3.8) is 0 Å². The van der Waals surface area contributed by atoms with E-state index in [1.54, 1.807) is 12.1 Å². The SMILES string of the molecule is CN(C)Cc1cc(Br)cc(S(C)(=O)=O)c1. The Kier molecular flexibility index (Phi) is 3.92. The second-order valence-corrected chi connectivity index (χ2v) is 6.74. The van der Waals surface area contributed by atoms with Crippen molar-refractivity contribution in [1.82, 2.24) is 4.90 Å².